The highest BCUT2D eigenvalue weighted by atomic mass is 79.9. The summed E-state index contributed by atoms with van der Waals surface area (Å²) in [5.41, 5.74) is 1.58. The summed E-state index contributed by atoms with van der Waals surface area (Å²) in [5, 5.41) is 1.23. The third-order valence-electron chi connectivity index (χ3n) is 1.86. The standard InChI is InChI=1S/C8H8BrClN4/c9-2-1-3-14-5-12-6-4-11-8(10)13-7(6)14/h4-5H,1-3H2. The third-order valence-corrected chi connectivity index (χ3v) is 2.60. The van der Waals surface area contributed by atoms with E-state index in [1.165, 1.54) is 0 Å². The van der Waals surface area contributed by atoms with E-state index in [4.69, 9.17) is 11.6 Å². The molecule has 0 unspecified atom stereocenters. The lowest BCUT2D eigenvalue weighted by molar-refractivity contribution is 0.698. The van der Waals surface area contributed by atoms with Crippen LogP contribution in [-0.4, -0.2) is 24.8 Å². The molecule has 0 radical (unpaired) electrons. The van der Waals surface area contributed by atoms with Crippen LogP contribution in [0.3, 0.4) is 0 Å². The molecule has 0 atom stereocenters. The second kappa shape index (κ2) is 4.23. The largest absolute Gasteiger partial charge is 0.315 e. The molecule has 0 fully saturated rings. The quantitative estimate of drug-likeness (QED) is 0.637. The number of rotatable bonds is 3. The first kappa shape index (κ1) is 9.86. The number of imidazole rings is 1. The molecule has 0 saturated carbocycles. The number of halogens is 2. The second-order valence-electron chi connectivity index (χ2n) is 2.83. The molecule has 0 bridgehead atoms. The Hall–Kier alpha value is -0.680. The van der Waals surface area contributed by atoms with Crippen LogP contribution >= 0.6 is 27.5 Å². The van der Waals surface area contributed by atoms with Crippen molar-refractivity contribution in [1.29, 1.82) is 0 Å². The molecule has 0 N–H and O–H groups in total. The highest BCUT2D eigenvalue weighted by Gasteiger charge is 2.04. The lowest BCUT2D eigenvalue weighted by Crippen LogP contribution is -1.98. The molecular formula is C8H8BrClN4. The predicted octanol–water partition coefficient (Wildman–Crippen LogP) is 2.26. The Morgan fingerprint density at radius 1 is 1.43 bits per heavy atom. The van der Waals surface area contributed by atoms with Crippen LogP contribution < -0.4 is 0 Å². The van der Waals surface area contributed by atoms with Gasteiger partial charge in [-0.2, -0.15) is 4.98 Å². The number of hydrogen-bond donors (Lipinski definition) is 0. The fourth-order valence-corrected chi connectivity index (χ4v) is 1.61. The van der Waals surface area contributed by atoms with Gasteiger partial charge in [-0.1, -0.05) is 15.9 Å². The van der Waals surface area contributed by atoms with Gasteiger partial charge in [-0.25, -0.2) is 9.97 Å². The van der Waals surface area contributed by atoms with Gasteiger partial charge in [0.25, 0.3) is 0 Å². The molecule has 2 aromatic heterocycles. The Kier molecular flexibility index (Phi) is 2.98. The molecule has 0 amide bonds. The molecule has 0 aromatic carbocycles. The Labute approximate surface area is 94.5 Å². The van der Waals surface area contributed by atoms with Gasteiger partial charge in [0.15, 0.2) is 5.65 Å². The Balaban J connectivity index is 2.40. The summed E-state index contributed by atoms with van der Waals surface area (Å²) in [7, 11) is 0. The predicted molar refractivity (Wildman–Crippen MR) is 58.7 cm³/mol. The zero-order chi connectivity index (χ0) is 9.97. The molecule has 2 aromatic rings. The maximum atomic E-state index is 5.71. The van der Waals surface area contributed by atoms with Crippen molar-refractivity contribution < 1.29 is 0 Å². The van der Waals surface area contributed by atoms with Gasteiger partial charge in [-0.15, -0.1) is 0 Å². The Morgan fingerprint density at radius 2 is 2.29 bits per heavy atom. The zero-order valence-electron chi connectivity index (χ0n) is 7.32. The number of aromatic nitrogens is 4. The van der Waals surface area contributed by atoms with E-state index in [9.17, 15) is 0 Å². The fraction of sp³-hybridized carbons (Fsp3) is 0.375. The van der Waals surface area contributed by atoms with E-state index in [0.717, 1.165) is 29.5 Å². The van der Waals surface area contributed by atoms with Crippen LogP contribution in [0.25, 0.3) is 11.2 Å². The highest BCUT2D eigenvalue weighted by Crippen LogP contribution is 2.11. The van der Waals surface area contributed by atoms with Crippen molar-refractivity contribution >= 4 is 38.7 Å². The molecule has 2 rings (SSSR count). The third kappa shape index (κ3) is 1.88. The topological polar surface area (TPSA) is 43.6 Å². The first-order valence-electron chi connectivity index (χ1n) is 4.20. The van der Waals surface area contributed by atoms with Crippen molar-refractivity contribution in [2.24, 2.45) is 0 Å². The molecular weight excluding hydrogens is 267 g/mol. The van der Waals surface area contributed by atoms with Crippen LogP contribution in [0, 0.1) is 0 Å². The molecule has 0 aliphatic rings. The number of fused-ring (bicyclic) bond motifs is 1. The molecule has 0 aliphatic carbocycles. The normalized spacial score (nSPS) is 11.0. The zero-order valence-corrected chi connectivity index (χ0v) is 9.66. The lowest BCUT2D eigenvalue weighted by atomic mass is 10.4. The van der Waals surface area contributed by atoms with Crippen LogP contribution in [0.5, 0.6) is 0 Å². The molecule has 0 spiro atoms. The van der Waals surface area contributed by atoms with Gasteiger partial charge in [-0.05, 0) is 18.0 Å². The Bertz CT molecular complexity index is 442. The highest BCUT2D eigenvalue weighted by molar-refractivity contribution is 9.09. The van der Waals surface area contributed by atoms with Gasteiger partial charge in [0, 0.05) is 11.9 Å². The minimum Gasteiger partial charge on any atom is -0.315 e. The van der Waals surface area contributed by atoms with Crippen molar-refractivity contribution in [2.45, 2.75) is 13.0 Å². The molecule has 14 heavy (non-hydrogen) atoms. The minimum atomic E-state index is 0.262. The van der Waals surface area contributed by atoms with Crippen molar-refractivity contribution in [3.05, 3.63) is 17.8 Å². The Morgan fingerprint density at radius 3 is 3.07 bits per heavy atom. The summed E-state index contributed by atoms with van der Waals surface area (Å²) in [6.07, 6.45) is 4.43. The molecule has 4 nitrogen and oxygen atoms in total. The van der Waals surface area contributed by atoms with Crippen LogP contribution in [0.4, 0.5) is 0 Å². The summed E-state index contributed by atoms with van der Waals surface area (Å²) in [4.78, 5) is 12.2. The van der Waals surface area contributed by atoms with Crippen molar-refractivity contribution in [2.75, 3.05) is 5.33 Å². The second-order valence-corrected chi connectivity index (χ2v) is 3.96. The van der Waals surface area contributed by atoms with E-state index in [1.54, 1.807) is 12.5 Å². The van der Waals surface area contributed by atoms with Gasteiger partial charge in [0.2, 0.25) is 5.28 Å². The lowest BCUT2D eigenvalue weighted by Gasteiger charge is -2.00. The molecule has 6 heteroatoms. The van der Waals surface area contributed by atoms with Crippen molar-refractivity contribution in [3.8, 4) is 0 Å². The molecule has 0 aliphatic heterocycles. The van der Waals surface area contributed by atoms with Gasteiger partial charge in [0.1, 0.15) is 5.52 Å². The number of nitrogens with zero attached hydrogens (tertiary/aromatic N) is 4. The van der Waals surface area contributed by atoms with Crippen molar-refractivity contribution in [3.63, 3.8) is 0 Å². The molecule has 74 valence electrons. The van der Waals surface area contributed by atoms with Crippen molar-refractivity contribution in [1.82, 2.24) is 19.5 Å². The SMILES string of the molecule is Clc1ncc2ncn(CCCBr)c2n1. The molecule has 0 saturated heterocycles. The monoisotopic (exact) mass is 274 g/mol. The first-order valence-corrected chi connectivity index (χ1v) is 5.70. The van der Waals surface area contributed by atoms with Gasteiger partial charge >= 0.3 is 0 Å². The average molecular weight is 276 g/mol. The van der Waals surface area contributed by atoms with E-state index in [0.29, 0.717) is 0 Å². The fourth-order valence-electron chi connectivity index (χ4n) is 1.23. The van der Waals surface area contributed by atoms with E-state index in [1.807, 2.05) is 4.57 Å². The van der Waals surface area contributed by atoms with E-state index in [2.05, 4.69) is 30.9 Å². The summed E-state index contributed by atoms with van der Waals surface area (Å²) in [5.74, 6) is 0. The van der Waals surface area contributed by atoms with Crippen LogP contribution in [0.1, 0.15) is 6.42 Å². The van der Waals surface area contributed by atoms with E-state index in [-0.39, 0.29) is 5.28 Å². The smallest absolute Gasteiger partial charge is 0.224 e. The maximum absolute atomic E-state index is 5.71. The number of aryl methyl sites for hydroxylation is 1. The number of alkyl halides is 1. The first-order chi connectivity index (χ1) is 6.81. The van der Waals surface area contributed by atoms with E-state index < -0.39 is 0 Å². The maximum Gasteiger partial charge on any atom is 0.224 e. The summed E-state index contributed by atoms with van der Waals surface area (Å²) in [6, 6.07) is 0. The summed E-state index contributed by atoms with van der Waals surface area (Å²) in [6.45, 7) is 0.884. The van der Waals surface area contributed by atoms with Crippen LogP contribution in [0.15, 0.2) is 12.5 Å². The molecule has 2 heterocycles. The minimum absolute atomic E-state index is 0.262. The van der Waals surface area contributed by atoms with Gasteiger partial charge < -0.3 is 4.57 Å². The number of hydrogen-bond acceptors (Lipinski definition) is 3. The van der Waals surface area contributed by atoms with Crippen LogP contribution in [-0.2, 0) is 6.54 Å². The van der Waals surface area contributed by atoms with Gasteiger partial charge in [-0.3, -0.25) is 0 Å². The summed E-state index contributed by atoms with van der Waals surface area (Å²) < 4.78 is 1.98. The average Bonchev–Trinajstić information content (AvgIpc) is 2.57. The summed E-state index contributed by atoms with van der Waals surface area (Å²) >= 11 is 9.09. The van der Waals surface area contributed by atoms with Gasteiger partial charge in [0.05, 0.1) is 12.5 Å². The van der Waals surface area contributed by atoms with E-state index >= 15 is 0 Å². The van der Waals surface area contributed by atoms with Crippen LogP contribution in [0.2, 0.25) is 5.28 Å².